The Bertz CT molecular complexity index is 531. The Hall–Kier alpha value is -1.33. The molecule has 4 nitrogen and oxygen atoms in total. The van der Waals surface area contributed by atoms with Crippen LogP contribution in [0.1, 0.15) is 0 Å². The molecule has 0 unspecified atom stereocenters. The second-order valence-electron chi connectivity index (χ2n) is 5.74. The summed E-state index contributed by atoms with van der Waals surface area (Å²) in [7, 11) is -1.02. The third-order valence-corrected chi connectivity index (χ3v) is 4.52. The zero-order chi connectivity index (χ0) is 13.2. The van der Waals surface area contributed by atoms with Gasteiger partial charge in [-0.1, -0.05) is 19.6 Å². The summed E-state index contributed by atoms with van der Waals surface area (Å²) in [4.78, 5) is 4.21. The molecule has 2 aromatic heterocycles. The number of nitrogens with zero attached hydrogens (tertiary/aromatic N) is 2. The Morgan fingerprint density at radius 1 is 1.39 bits per heavy atom. The van der Waals surface area contributed by atoms with E-state index in [2.05, 4.69) is 24.6 Å². The Labute approximate surface area is 108 Å². The van der Waals surface area contributed by atoms with E-state index in [9.17, 15) is 5.11 Å². The Kier molecular flexibility index (Phi) is 3.73. The molecule has 5 heteroatoms. The molecule has 0 atom stereocenters. The molecule has 0 aliphatic carbocycles. The first-order valence-electron chi connectivity index (χ1n) is 6.17. The van der Waals surface area contributed by atoms with E-state index in [0.717, 1.165) is 17.6 Å². The van der Waals surface area contributed by atoms with Gasteiger partial charge in [0, 0.05) is 26.3 Å². The van der Waals surface area contributed by atoms with Crippen LogP contribution in [-0.4, -0.2) is 29.3 Å². The molecule has 0 radical (unpaired) electrons. The van der Waals surface area contributed by atoms with Gasteiger partial charge in [0.1, 0.15) is 18.1 Å². The highest BCUT2D eigenvalue weighted by molar-refractivity contribution is 6.76. The molecule has 0 saturated heterocycles. The minimum atomic E-state index is -1.02. The van der Waals surface area contributed by atoms with Crippen molar-refractivity contribution in [2.75, 3.05) is 6.61 Å². The van der Waals surface area contributed by atoms with Gasteiger partial charge in [-0.15, -0.1) is 0 Å². The molecule has 2 rings (SSSR count). The van der Waals surface area contributed by atoms with Crippen molar-refractivity contribution in [3.8, 4) is 5.75 Å². The summed E-state index contributed by atoms with van der Waals surface area (Å²) in [5.41, 5.74) is 0.848. The van der Waals surface area contributed by atoms with Gasteiger partial charge >= 0.3 is 0 Å². The van der Waals surface area contributed by atoms with Gasteiger partial charge in [-0.2, -0.15) is 0 Å². The standard InChI is InChI=1S/C13H20N2O2Si/c1-18(2,3)7-6-17-10-15-5-4-11-8-12(16)9-14-13(11)15/h4-5,8-9,16H,6-7,10H2,1-3H3. The lowest BCUT2D eigenvalue weighted by molar-refractivity contribution is 0.0899. The van der Waals surface area contributed by atoms with E-state index in [0.29, 0.717) is 6.73 Å². The second kappa shape index (κ2) is 5.12. The average molecular weight is 264 g/mol. The summed E-state index contributed by atoms with van der Waals surface area (Å²) in [6.07, 6.45) is 3.40. The third kappa shape index (κ3) is 3.33. The molecule has 0 spiro atoms. The predicted octanol–water partition coefficient (Wildman–Crippen LogP) is 3.05. The van der Waals surface area contributed by atoms with E-state index >= 15 is 0 Å². The van der Waals surface area contributed by atoms with E-state index in [1.54, 1.807) is 6.07 Å². The van der Waals surface area contributed by atoms with Crippen molar-refractivity contribution in [2.45, 2.75) is 32.4 Å². The Morgan fingerprint density at radius 3 is 2.89 bits per heavy atom. The van der Waals surface area contributed by atoms with Crippen LogP contribution in [0.4, 0.5) is 0 Å². The lowest BCUT2D eigenvalue weighted by Crippen LogP contribution is -2.22. The topological polar surface area (TPSA) is 47.3 Å². The van der Waals surface area contributed by atoms with Gasteiger partial charge in [0.2, 0.25) is 0 Å². The molecule has 0 aliphatic heterocycles. The minimum Gasteiger partial charge on any atom is -0.506 e. The predicted molar refractivity (Wildman–Crippen MR) is 75.5 cm³/mol. The van der Waals surface area contributed by atoms with Crippen LogP contribution >= 0.6 is 0 Å². The van der Waals surface area contributed by atoms with E-state index in [1.807, 2.05) is 16.8 Å². The summed E-state index contributed by atoms with van der Waals surface area (Å²) >= 11 is 0. The Balaban J connectivity index is 1.96. The number of hydrogen-bond acceptors (Lipinski definition) is 3. The number of fused-ring (bicyclic) bond motifs is 1. The molecular weight excluding hydrogens is 244 g/mol. The molecule has 98 valence electrons. The lowest BCUT2D eigenvalue weighted by Gasteiger charge is -2.15. The quantitative estimate of drug-likeness (QED) is 0.667. The highest BCUT2D eigenvalue weighted by atomic mass is 28.3. The van der Waals surface area contributed by atoms with Gasteiger partial charge < -0.3 is 14.4 Å². The number of aromatic nitrogens is 2. The fourth-order valence-electron chi connectivity index (χ4n) is 1.71. The van der Waals surface area contributed by atoms with Crippen molar-refractivity contribution in [3.63, 3.8) is 0 Å². The third-order valence-electron chi connectivity index (χ3n) is 2.81. The van der Waals surface area contributed by atoms with Crippen LogP contribution in [-0.2, 0) is 11.5 Å². The van der Waals surface area contributed by atoms with Crippen molar-refractivity contribution in [1.82, 2.24) is 9.55 Å². The molecule has 2 heterocycles. The van der Waals surface area contributed by atoms with E-state index in [-0.39, 0.29) is 5.75 Å². The number of ether oxygens (including phenoxy) is 1. The van der Waals surface area contributed by atoms with Gasteiger partial charge in [0.05, 0.1) is 6.20 Å². The number of rotatable bonds is 5. The number of hydrogen-bond donors (Lipinski definition) is 1. The first-order valence-corrected chi connectivity index (χ1v) is 9.88. The van der Waals surface area contributed by atoms with Crippen molar-refractivity contribution >= 4 is 19.1 Å². The zero-order valence-electron chi connectivity index (χ0n) is 11.2. The van der Waals surface area contributed by atoms with Gasteiger partial charge in [0.15, 0.2) is 0 Å². The van der Waals surface area contributed by atoms with Crippen LogP contribution < -0.4 is 0 Å². The molecule has 0 fully saturated rings. The van der Waals surface area contributed by atoms with Crippen LogP contribution in [0.25, 0.3) is 11.0 Å². The van der Waals surface area contributed by atoms with Crippen molar-refractivity contribution in [3.05, 3.63) is 24.5 Å². The van der Waals surface area contributed by atoms with Crippen LogP contribution in [0.2, 0.25) is 25.7 Å². The fraction of sp³-hybridized carbons (Fsp3) is 0.462. The van der Waals surface area contributed by atoms with Crippen molar-refractivity contribution < 1.29 is 9.84 Å². The van der Waals surface area contributed by atoms with Crippen molar-refractivity contribution in [2.24, 2.45) is 0 Å². The van der Waals surface area contributed by atoms with Crippen LogP contribution in [0.5, 0.6) is 5.75 Å². The molecule has 0 saturated carbocycles. The second-order valence-corrected chi connectivity index (χ2v) is 11.4. The first-order chi connectivity index (χ1) is 8.46. The maximum absolute atomic E-state index is 9.34. The summed E-state index contributed by atoms with van der Waals surface area (Å²) in [6.45, 7) is 8.34. The van der Waals surface area contributed by atoms with Gasteiger partial charge in [-0.05, 0) is 18.2 Å². The molecule has 0 amide bonds. The maximum Gasteiger partial charge on any atom is 0.142 e. The first kappa shape index (κ1) is 13.1. The average Bonchev–Trinajstić information content (AvgIpc) is 2.65. The van der Waals surface area contributed by atoms with Crippen LogP contribution in [0.3, 0.4) is 0 Å². The monoisotopic (exact) mass is 264 g/mol. The summed E-state index contributed by atoms with van der Waals surface area (Å²) < 4.78 is 7.64. The molecular formula is C13H20N2O2Si. The SMILES string of the molecule is C[Si](C)(C)CCOCn1ccc2cc(O)cnc21. The number of aromatic hydroxyl groups is 1. The van der Waals surface area contributed by atoms with E-state index in [4.69, 9.17) is 4.74 Å². The van der Waals surface area contributed by atoms with Gasteiger partial charge in [0.25, 0.3) is 0 Å². The summed E-state index contributed by atoms with van der Waals surface area (Å²) in [5, 5.41) is 10.3. The normalized spacial score (nSPS) is 12.2. The van der Waals surface area contributed by atoms with E-state index in [1.165, 1.54) is 12.2 Å². The minimum absolute atomic E-state index is 0.194. The summed E-state index contributed by atoms with van der Waals surface area (Å²) in [5.74, 6) is 0.194. The van der Waals surface area contributed by atoms with Gasteiger partial charge in [-0.25, -0.2) is 4.98 Å². The largest absolute Gasteiger partial charge is 0.506 e. The lowest BCUT2D eigenvalue weighted by atomic mass is 10.3. The smallest absolute Gasteiger partial charge is 0.142 e. The molecule has 18 heavy (non-hydrogen) atoms. The van der Waals surface area contributed by atoms with E-state index < -0.39 is 8.07 Å². The molecule has 0 aliphatic rings. The van der Waals surface area contributed by atoms with Crippen molar-refractivity contribution in [1.29, 1.82) is 0 Å². The molecule has 1 N–H and O–H groups in total. The molecule has 0 aromatic carbocycles. The Morgan fingerprint density at radius 2 is 2.17 bits per heavy atom. The number of pyridine rings is 1. The highest BCUT2D eigenvalue weighted by Gasteiger charge is 2.12. The highest BCUT2D eigenvalue weighted by Crippen LogP contribution is 2.18. The maximum atomic E-state index is 9.34. The molecule has 2 aromatic rings. The fourth-order valence-corrected chi connectivity index (χ4v) is 2.47. The van der Waals surface area contributed by atoms with Crippen LogP contribution in [0, 0.1) is 0 Å². The molecule has 0 bridgehead atoms. The summed E-state index contributed by atoms with van der Waals surface area (Å²) in [6, 6.07) is 4.81. The zero-order valence-corrected chi connectivity index (χ0v) is 12.2. The van der Waals surface area contributed by atoms with Crippen LogP contribution in [0.15, 0.2) is 24.5 Å². The van der Waals surface area contributed by atoms with Gasteiger partial charge in [-0.3, -0.25) is 0 Å².